The highest BCUT2D eigenvalue weighted by atomic mass is 127. The Morgan fingerprint density at radius 2 is 1.87 bits per heavy atom. The lowest BCUT2D eigenvalue weighted by Gasteiger charge is -2.35. The lowest BCUT2D eigenvalue weighted by atomic mass is 9.84. The number of likely N-dealkylation sites (tertiary alicyclic amines) is 2. The van der Waals surface area contributed by atoms with Crippen LogP contribution in [0.25, 0.3) is 16.9 Å². The van der Waals surface area contributed by atoms with Crippen LogP contribution in [-0.2, 0) is 6.54 Å². The summed E-state index contributed by atoms with van der Waals surface area (Å²) in [6.07, 6.45) is 11.8. The molecule has 2 unspecified atom stereocenters. The maximum Gasteiger partial charge on any atom is 0.251 e. The molecule has 1 aromatic carbocycles. The first kappa shape index (κ1) is 32.2. The van der Waals surface area contributed by atoms with Crippen LogP contribution in [0, 0.1) is 10.8 Å². The highest BCUT2D eigenvalue weighted by Gasteiger charge is 2.36. The van der Waals surface area contributed by atoms with E-state index >= 15 is 0 Å². The number of allylic oxidation sites excluding steroid dienone is 1. The van der Waals surface area contributed by atoms with E-state index in [0.29, 0.717) is 23.6 Å². The molecule has 3 aromatic rings. The van der Waals surface area contributed by atoms with Crippen molar-refractivity contribution in [2.45, 2.75) is 82.9 Å². The minimum Gasteiger partial charge on any atom is -0.351 e. The summed E-state index contributed by atoms with van der Waals surface area (Å²) < 4.78 is 1.35. The van der Waals surface area contributed by atoms with Crippen LogP contribution in [0.15, 0.2) is 58.4 Å². The Balaban J connectivity index is 1.09. The number of aromatic nitrogens is 3. The van der Waals surface area contributed by atoms with Crippen LogP contribution < -0.4 is 10.6 Å². The number of rotatable bonds is 4. The van der Waals surface area contributed by atoms with Gasteiger partial charge in [-0.15, -0.1) is 0 Å². The van der Waals surface area contributed by atoms with Gasteiger partial charge in [0.1, 0.15) is 9.87 Å². The van der Waals surface area contributed by atoms with Gasteiger partial charge in [0, 0.05) is 36.8 Å². The van der Waals surface area contributed by atoms with Gasteiger partial charge in [-0.25, -0.2) is 19.5 Å². The number of halogens is 1. The van der Waals surface area contributed by atoms with E-state index < -0.39 is 3.55 Å². The van der Waals surface area contributed by atoms with Crippen molar-refractivity contribution >= 4 is 52.0 Å². The number of carbonyl (C=O) groups is 1. The molecule has 47 heavy (non-hydrogen) atoms. The van der Waals surface area contributed by atoms with Gasteiger partial charge in [0.2, 0.25) is 5.96 Å². The second kappa shape index (κ2) is 12.3. The predicted octanol–water partition coefficient (Wildman–Crippen LogP) is 6.53. The van der Waals surface area contributed by atoms with Crippen LogP contribution in [0.2, 0.25) is 0 Å². The van der Waals surface area contributed by atoms with E-state index in [-0.39, 0.29) is 11.3 Å². The molecule has 2 aromatic heterocycles. The molecule has 11 heteroatoms. The number of anilines is 1. The molecule has 0 bridgehead atoms. The Morgan fingerprint density at radius 1 is 1.02 bits per heavy atom. The molecule has 10 nitrogen and oxygen atoms in total. The van der Waals surface area contributed by atoms with E-state index in [1.54, 1.807) is 6.33 Å². The Labute approximate surface area is 291 Å². The summed E-state index contributed by atoms with van der Waals surface area (Å²) in [5.41, 5.74) is 6.61. The second-order valence-corrected chi connectivity index (χ2v) is 17.6. The summed E-state index contributed by atoms with van der Waals surface area (Å²) >= 11 is 2.41. The third-order valence-corrected chi connectivity index (χ3v) is 10.7. The summed E-state index contributed by atoms with van der Waals surface area (Å²) in [5.74, 6) is 0.777. The van der Waals surface area contributed by atoms with Gasteiger partial charge in [0.05, 0.1) is 23.3 Å². The van der Waals surface area contributed by atoms with Gasteiger partial charge in [0.25, 0.3) is 5.91 Å². The molecule has 2 fully saturated rings. The molecule has 2 saturated heterocycles. The number of nitrogens with zero attached hydrogens (tertiary/aromatic N) is 7. The zero-order valence-corrected chi connectivity index (χ0v) is 30.3. The molecule has 2 atom stereocenters. The number of nitrogens with one attached hydrogen (secondary N) is 2. The molecule has 7 rings (SSSR count). The number of hydrogen-bond donors (Lipinski definition) is 2. The molecule has 0 aliphatic carbocycles. The normalized spacial score (nSPS) is 26.1. The molecule has 0 radical (unpaired) electrons. The summed E-state index contributed by atoms with van der Waals surface area (Å²) in [4.78, 5) is 32.0. The first-order valence-electron chi connectivity index (χ1n) is 16.9. The van der Waals surface area contributed by atoms with Crippen LogP contribution in [0.4, 0.5) is 5.69 Å². The molecule has 4 aliphatic heterocycles. The predicted molar refractivity (Wildman–Crippen MR) is 197 cm³/mol. The van der Waals surface area contributed by atoms with Crippen molar-refractivity contribution in [1.82, 2.24) is 29.7 Å². The Morgan fingerprint density at radius 3 is 2.72 bits per heavy atom. The second-order valence-electron chi connectivity index (χ2n) is 15.4. The topological polar surface area (TPSA) is 103 Å². The number of carbonyl (C=O) groups excluding carboxylic acids is 1. The van der Waals surface area contributed by atoms with E-state index in [4.69, 9.17) is 9.98 Å². The molecule has 0 spiro atoms. The average Bonchev–Trinajstić information content (AvgIpc) is 3.50. The van der Waals surface area contributed by atoms with Gasteiger partial charge >= 0.3 is 0 Å². The van der Waals surface area contributed by atoms with Crippen molar-refractivity contribution in [2.24, 2.45) is 20.8 Å². The molecule has 6 heterocycles. The Bertz CT molecular complexity index is 1790. The number of benzene rings is 1. The maximum atomic E-state index is 12.1. The molecular weight excluding hydrogens is 701 g/mol. The largest absolute Gasteiger partial charge is 0.351 e. The minimum atomic E-state index is -0.488. The number of amides is 1. The third kappa shape index (κ3) is 6.97. The van der Waals surface area contributed by atoms with Gasteiger partial charge in [-0.2, -0.15) is 5.10 Å². The number of hydrogen-bond acceptors (Lipinski definition) is 8. The lowest BCUT2D eigenvalue weighted by molar-refractivity contribution is 0.0965. The molecule has 248 valence electrons. The molecule has 2 N–H and O–H groups in total. The third-order valence-electron chi connectivity index (χ3n) is 10.2. The van der Waals surface area contributed by atoms with Crippen LogP contribution in [0.5, 0.6) is 0 Å². The number of pyridine rings is 1. The molecule has 1 amide bonds. The fourth-order valence-corrected chi connectivity index (χ4v) is 8.25. The van der Waals surface area contributed by atoms with E-state index in [9.17, 15) is 4.79 Å². The number of alkyl halides is 1. The highest BCUT2D eigenvalue weighted by Crippen LogP contribution is 2.36. The van der Waals surface area contributed by atoms with Gasteiger partial charge < -0.3 is 20.4 Å². The van der Waals surface area contributed by atoms with Crippen LogP contribution >= 0.6 is 22.6 Å². The Hall–Kier alpha value is -3.32. The van der Waals surface area contributed by atoms with Crippen molar-refractivity contribution in [3.8, 4) is 11.3 Å². The summed E-state index contributed by atoms with van der Waals surface area (Å²) in [5, 5.41) is 11.0. The van der Waals surface area contributed by atoms with Crippen molar-refractivity contribution in [3.05, 3.63) is 59.6 Å². The van der Waals surface area contributed by atoms with Gasteiger partial charge in [-0.05, 0) is 121 Å². The molecular formula is C36H46IN9O. The Kier molecular flexibility index (Phi) is 8.43. The summed E-state index contributed by atoms with van der Waals surface area (Å²) in [6.45, 7) is 16.6. The maximum absolute atomic E-state index is 12.1. The SMILES string of the molecule is CC1(C)CCCN(C2CCN(C3=NC(C)(I)C=C(Nc4ccc(-c5ccc6c(c5)CNC6=O)n5ncnc45)C=N3)CC(C)(C)C2)CC1. The van der Waals surface area contributed by atoms with Crippen LogP contribution in [-0.4, -0.2) is 78.2 Å². The first-order valence-corrected chi connectivity index (χ1v) is 18.0. The minimum absolute atomic E-state index is 0.0227. The van der Waals surface area contributed by atoms with E-state index in [1.807, 2.05) is 35.0 Å². The van der Waals surface area contributed by atoms with Crippen molar-refractivity contribution in [2.75, 3.05) is 31.5 Å². The smallest absolute Gasteiger partial charge is 0.251 e. The fourth-order valence-electron chi connectivity index (χ4n) is 7.69. The fraction of sp³-hybridized carbons (Fsp3) is 0.528. The first-order chi connectivity index (χ1) is 22.3. The van der Waals surface area contributed by atoms with Crippen molar-refractivity contribution in [3.63, 3.8) is 0 Å². The number of guanidine groups is 1. The van der Waals surface area contributed by atoms with Gasteiger partial charge in [0.15, 0.2) is 5.65 Å². The van der Waals surface area contributed by atoms with Crippen molar-refractivity contribution in [1.29, 1.82) is 0 Å². The lowest BCUT2D eigenvalue weighted by Crippen LogP contribution is -2.39. The average molecular weight is 748 g/mol. The van der Waals surface area contributed by atoms with Gasteiger partial charge in [-0.1, -0.05) is 33.8 Å². The van der Waals surface area contributed by atoms with Crippen molar-refractivity contribution < 1.29 is 4.79 Å². The number of fused-ring (bicyclic) bond motifs is 2. The standard InChI is InChI=1S/C36H46IN9O/c1-34(2)12-6-14-44(16-13-34)27-11-15-45(22-35(3,4)19-27)33-39-21-26(18-36(5,37)43-33)42-29-9-10-30(46-31(29)40-23-41-46)24-7-8-28-25(17-24)20-38-32(28)47/h7-10,17-18,21,23,27,42H,6,11-16,19-20,22H2,1-5H3,(H,38,47). The van der Waals surface area contributed by atoms with Crippen LogP contribution in [0.3, 0.4) is 0 Å². The number of aliphatic imine (C=N–C) groups is 2. The van der Waals surface area contributed by atoms with Crippen LogP contribution in [0.1, 0.15) is 82.6 Å². The monoisotopic (exact) mass is 747 g/mol. The summed E-state index contributed by atoms with van der Waals surface area (Å²) in [7, 11) is 0. The molecule has 4 aliphatic rings. The van der Waals surface area contributed by atoms with E-state index in [2.05, 4.69) is 99.9 Å². The van der Waals surface area contributed by atoms with E-state index in [0.717, 1.165) is 59.2 Å². The van der Waals surface area contributed by atoms with Gasteiger partial charge in [-0.3, -0.25) is 4.79 Å². The zero-order chi connectivity index (χ0) is 33.0. The quantitative estimate of drug-likeness (QED) is 0.179. The summed E-state index contributed by atoms with van der Waals surface area (Å²) in [6, 6.07) is 10.6. The zero-order valence-electron chi connectivity index (χ0n) is 28.2. The highest BCUT2D eigenvalue weighted by molar-refractivity contribution is 14.1. The van der Waals surface area contributed by atoms with E-state index in [1.165, 1.54) is 38.8 Å². The molecule has 0 saturated carbocycles.